The Morgan fingerprint density at radius 3 is 2.39 bits per heavy atom. The Hall–Kier alpha value is -3.48. The molecule has 0 bridgehead atoms. The molecular formula is C26H24N2. The largest absolute Gasteiger partial charge is 0.288 e. The predicted molar refractivity (Wildman–Crippen MR) is 121 cm³/mol. The zero-order chi connectivity index (χ0) is 19.6. The van der Waals surface area contributed by atoms with Gasteiger partial charge in [-0.25, -0.2) is 4.99 Å². The molecule has 3 aromatic rings. The second-order valence-corrected chi connectivity index (χ2v) is 6.61. The van der Waals surface area contributed by atoms with Crippen LogP contribution in [-0.4, -0.2) is 12.1 Å². The van der Waals surface area contributed by atoms with Gasteiger partial charge in [-0.2, -0.15) is 0 Å². The summed E-state index contributed by atoms with van der Waals surface area (Å²) in [5, 5.41) is 0. The van der Waals surface area contributed by atoms with Crippen LogP contribution >= 0.6 is 0 Å². The van der Waals surface area contributed by atoms with E-state index in [1.54, 1.807) is 0 Å². The molecule has 138 valence electrons. The van der Waals surface area contributed by atoms with Crippen molar-refractivity contribution < 1.29 is 0 Å². The van der Waals surface area contributed by atoms with Gasteiger partial charge in [-0.1, -0.05) is 84.4 Å². The van der Waals surface area contributed by atoms with Crippen LogP contribution in [0.2, 0.25) is 0 Å². The Labute approximate surface area is 167 Å². The van der Waals surface area contributed by atoms with E-state index in [9.17, 15) is 0 Å². The van der Waals surface area contributed by atoms with Crippen molar-refractivity contribution in [1.29, 1.82) is 0 Å². The molecule has 0 N–H and O–H groups in total. The van der Waals surface area contributed by atoms with Crippen LogP contribution in [0.3, 0.4) is 0 Å². The Kier molecular flexibility index (Phi) is 6.89. The minimum absolute atomic E-state index is 0.589. The Morgan fingerprint density at radius 2 is 1.64 bits per heavy atom. The minimum Gasteiger partial charge on any atom is -0.288 e. The lowest BCUT2D eigenvalue weighted by molar-refractivity contribution is 1.07. The van der Waals surface area contributed by atoms with Crippen LogP contribution in [0.5, 0.6) is 0 Å². The molecule has 0 saturated carbocycles. The fourth-order valence-electron chi connectivity index (χ4n) is 2.78. The number of hydrogen-bond acceptors (Lipinski definition) is 2. The van der Waals surface area contributed by atoms with E-state index in [1.165, 1.54) is 5.56 Å². The van der Waals surface area contributed by atoms with Crippen LogP contribution in [0.4, 0.5) is 5.69 Å². The van der Waals surface area contributed by atoms with Gasteiger partial charge in [0.1, 0.15) is 0 Å². The molecule has 2 nitrogen and oxygen atoms in total. The zero-order valence-electron chi connectivity index (χ0n) is 16.3. The van der Waals surface area contributed by atoms with Gasteiger partial charge < -0.3 is 0 Å². The maximum Gasteiger partial charge on any atom is 0.0780 e. The third kappa shape index (κ3) is 5.77. The first-order valence-corrected chi connectivity index (χ1v) is 9.39. The van der Waals surface area contributed by atoms with Gasteiger partial charge in [-0.05, 0) is 43.0 Å². The quantitative estimate of drug-likeness (QED) is 0.436. The average molecular weight is 364 g/mol. The summed E-state index contributed by atoms with van der Waals surface area (Å²) in [6.07, 6.45) is 5.85. The number of allylic oxidation sites excluding steroid dienone is 2. The zero-order valence-corrected chi connectivity index (χ0v) is 16.3. The van der Waals surface area contributed by atoms with E-state index in [-0.39, 0.29) is 0 Å². The van der Waals surface area contributed by atoms with Crippen molar-refractivity contribution in [2.24, 2.45) is 9.98 Å². The molecular weight excluding hydrogens is 340 g/mol. The fraction of sp³-hybridized carbons (Fsp3) is 0.115. The molecule has 0 aliphatic carbocycles. The van der Waals surface area contributed by atoms with Crippen molar-refractivity contribution in [2.45, 2.75) is 20.4 Å². The highest BCUT2D eigenvalue weighted by Gasteiger charge is 2.01. The van der Waals surface area contributed by atoms with Crippen molar-refractivity contribution in [3.05, 3.63) is 107 Å². The van der Waals surface area contributed by atoms with Gasteiger partial charge in [0, 0.05) is 17.4 Å². The summed E-state index contributed by atoms with van der Waals surface area (Å²) in [6.45, 7) is 4.70. The summed E-state index contributed by atoms with van der Waals surface area (Å²) in [5.41, 5.74) is 6.51. The smallest absolute Gasteiger partial charge is 0.0780 e. The van der Waals surface area contributed by atoms with E-state index in [0.717, 1.165) is 28.0 Å². The standard InChI is InChI=1S/C26H24N2/c1-21-15-16-26(28-19-22(2)24-13-7-4-8-14-24)25(18-21)20-27-17-9-12-23-10-5-3-6-11-23/h3-18H,20H2,1-2H3/b12-9+,27-17?. The minimum atomic E-state index is 0.589. The first-order valence-electron chi connectivity index (χ1n) is 9.39. The number of nitrogens with zero attached hydrogens (tertiary/aromatic N) is 2. The van der Waals surface area contributed by atoms with Crippen molar-refractivity contribution in [3.63, 3.8) is 0 Å². The van der Waals surface area contributed by atoms with Crippen LogP contribution in [0, 0.1) is 6.92 Å². The van der Waals surface area contributed by atoms with E-state index in [4.69, 9.17) is 0 Å². The van der Waals surface area contributed by atoms with E-state index < -0.39 is 0 Å². The van der Waals surface area contributed by atoms with E-state index >= 15 is 0 Å². The highest BCUT2D eigenvalue weighted by atomic mass is 14.7. The Bertz CT molecular complexity index is 1020. The van der Waals surface area contributed by atoms with Gasteiger partial charge in [0.25, 0.3) is 0 Å². The summed E-state index contributed by atoms with van der Waals surface area (Å²) in [4.78, 5) is 9.13. The second kappa shape index (κ2) is 10.0. The molecule has 0 heterocycles. The van der Waals surface area contributed by atoms with Crippen LogP contribution in [0.1, 0.15) is 29.2 Å². The fourth-order valence-corrected chi connectivity index (χ4v) is 2.78. The van der Waals surface area contributed by atoms with E-state index in [1.807, 2.05) is 67.8 Å². The summed E-state index contributed by atoms with van der Waals surface area (Å²) in [5.74, 6) is 3.17. The van der Waals surface area contributed by atoms with Gasteiger partial charge in [0.05, 0.1) is 12.2 Å². The summed E-state index contributed by atoms with van der Waals surface area (Å²) >= 11 is 0. The molecule has 2 heteroatoms. The summed E-state index contributed by atoms with van der Waals surface area (Å²) in [6, 6.07) is 26.6. The SMILES string of the molecule is CC(=C=Nc1ccc(C)cc1CN=C/C=C/c1ccccc1)c1ccccc1. The molecule has 0 saturated heterocycles. The highest BCUT2D eigenvalue weighted by Crippen LogP contribution is 2.21. The number of rotatable bonds is 6. The molecule has 0 aliphatic heterocycles. The first kappa shape index (κ1) is 19.3. The summed E-state index contributed by atoms with van der Waals surface area (Å²) in [7, 11) is 0. The van der Waals surface area contributed by atoms with Crippen molar-refractivity contribution >= 4 is 29.4 Å². The van der Waals surface area contributed by atoms with Crippen LogP contribution in [-0.2, 0) is 6.54 Å². The Balaban J connectivity index is 1.75. The van der Waals surface area contributed by atoms with Gasteiger partial charge in [0.2, 0.25) is 0 Å². The van der Waals surface area contributed by atoms with Gasteiger partial charge in [-0.3, -0.25) is 4.99 Å². The molecule has 0 amide bonds. The lowest BCUT2D eigenvalue weighted by Crippen LogP contribution is -1.86. The monoisotopic (exact) mass is 364 g/mol. The number of aryl methyl sites for hydroxylation is 1. The molecule has 0 aliphatic rings. The van der Waals surface area contributed by atoms with Gasteiger partial charge >= 0.3 is 0 Å². The maximum absolute atomic E-state index is 4.59. The lowest BCUT2D eigenvalue weighted by atomic mass is 10.1. The molecule has 0 spiro atoms. The number of hydrogen-bond donors (Lipinski definition) is 0. The predicted octanol–water partition coefficient (Wildman–Crippen LogP) is 6.68. The molecule has 0 radical (unpaired) electrons. The second-order valence-electron chi connectivity index (χ2n) is 6.61. The van der Waals surface area contributed by atoms with Crippen molar-refractivity contribution in [3.8, 4) is 0 Å². The number of benzene rings is 3. The molecule has 28 heavy (non-hydrogen) atoms. The first-order chi connectivity index (χ1) is 13.7. The third-order valence-electron chi connectivity index (χ3n) is 4.33. The van der Waals surface area contributed by atoms with Crippen LogP contribution in [0.25, 0.3) is 11.6 Å². The molecule has 3 rings (SSSR count). The van der Waals surface area contributed by atoms with E-state index in [0.29, 0.717) is 6.54 Å². The topological polar surface area (TPSA) is 24.7 Å². The highest BCUT2D eigenvalue weighted by molar-refractivity contribution is 5.89. The van der Waals surface area contributed by atoms with Gasteiger partial charge in [0.15, 0.2) is 0 Å². The average Bonchev–Trinajstić information content (AvgIpc) is 2.74. The lowest BCUT2D eigenvalue weighted by Gasteiger charge is -2.03. The third-order valence-corrected chi connectivity index (χ3v) is 4.33. The van der Waals surface area contributed by atoms with Crippen LogP contribution < -0.4 is 0 Å². The molecule has 3 aromatic carbocycles. The Morgan fingerprint density at radius 1 is 0.929 bits per heavy atom. The van der Waals surface area contributed by atoms with Crippen LogP contribution in [0.15, 0.2) is 94.9 Å². The number of aliphatic imine (C=N–C) groups is 2. The van der Waals surface area contributed by atoms with Gasteiger partial charge in [-0.15, -0.1) is 0 Å². The molecule has 0 fully saturated rings. The van der Waals surface area contributed by atoms with Crippen molar-refractivity contribution in [1.82, 2.24) is 0 Å². The van der Waals surface area contributed by atoms with Crippen molar-refractivity contribution in [2.75, 3.05) is 0 Å². The maximum atomic E-state index is 4.59. The van der Waals surface area contributed by atoms with E-state index in [2.05, 4.69) is 59.2 Å². The normalized spacial score (nSPS) is 10.9. The molecule has 0 unspecified atom stereocenters. The molecule has 0 aromatic heterocycles. The molecule has 0 atom stereocenters. The summed E-state index contributed by atoms with van der Waals surface area (Å²) < 4.78 is 0.